The number of halogens is 3. The lowest BCUT2D eigenvalue weighted by Crippen LogP contribution is -2.20. The van der Waals surface area contributed by atoms with E-state index in [0.29, 0.717) is 6.42 Å². The molecule has 8 heteroatoms. The number of hydrogen-bond donors (Lipinski definition) is 2. The van der Waals surface area contributed by atoms with Crippen LogP contribution in [0.5, 0.6) is 5.75 Å². The molecule has 1 heterocycles. The predicted octanol–water partition coefficient (Wildman–Crippen LogP) is 2.31. The van der Waals surface area contributed by atoms with Gasteiger partial charge in [0.2, 0.25) is 0 Å². The maximum atomic E-state index is 12.7. The molecule has 0 radical (unpaired) electrons. The average Bonchev–Trinajstić information content (AvgIpc) is 3.05. The van der Waals surface area contributed by atoms with Crippen LogP contribution in [0.3, 0.4) is 0 Å². The second-order valence-electron chi connectivity index (χ2n) is 6.57. The van der Waals surface area contributed by atoms with E-state index in [1.165, 1.54) is 18.2 Å². The summed E-state index contributed by atoms with van der Waals surface area (Å²) in [6, 6.07) is 4.40. The molecule has 26 heavy (non-hydrogen) atoms. The van der Waals surface area contributed by atoms with Crippen LogP contribution in [0.15, 0.2) is 36.4 Å². The van der Waals surface area contributed by atoms with Gasteiger partial charge < -0.3 is 19.7 Å². The van der Waals surface area contributed by atoms with Crippen molar-refractivity contribution in [1.82, 2.24) is 0 Å². The lowest BCUT2D eigenvalue weighted by Gasteiger charge is -2.16. The summed E-state index contributed by atoms with van der Waals surface area (Å²) in [5.41, 5.74) is -0.828. The number of benzene rings is 1. The minimum absolute atomic E-state index is 0.00281. The molecule has 142 valence electrons. The molecule has 1 saturated heterocycles. The number of fused-ring (bicyclic) bond motifs is 1. The van der Waals surface area contributed by atoms with Crippen molar-refractivity contribution in [2.24, 2.45) is 11.8 Å². The van der Waals surface area contributed by atoms with Gasteiger partial charge in [-0.1, -0.05) is 18.2 Å². The molecule has 1 saturated carbocycles. The minimum atomic E-state index is -4.46. The summed E-state index contributed by atoms with van der Waals surface area (Å²) < 4.78 is 48.3. The van der Waals surface area contributed by atoms with Gasteiger partial charge in [0.25, 0.3) is 0 Å². The Kier molecular flexibility index (Phi) is 5.24. The largest absolute Gasteiger partial charge is 0.491 e. The molecule has 0 aromatic heterocycles. The molecule has 0 bridgehead atoms. The van der Waals surface area contributed by atoms with Crippen LogP contribution < -0.4 is 4.74 Å². The quantitative estimate of drug-likeness (QED) is 0.613. The zero-order valence-electron chi connectivity index (χ0n) is 13.7. The normalized spacial score (nSPS) is 29.7. The van der Waals surface area contributed by atoms with Crippen LogP contribution in [0.2, 0.25) is 0 Å². The zero-order valence-corrected chi connectivity index (χ0v) is 13.7. The summed E-state index contributed by atoms with van der Waals surface area (Å²) in [7, 11) is 0. The van der Waals surface area contributed by atoms with E-state index in [9.17, 15) is 28.2 Å². The first-order valence-electron chi connectivity index (χ1n) is 8.28. The van der Waals surface area contributed by atoms with Gasteiger partial charge in [-0.25, -0.2) is 0 Å². The first-order valence-corrected chi connectivity index (χ1v) is 8.28. The molecule has 1 aromatic carbocycles. The topological polar surface area (TPSA) is 76.0 Å². The molecule has 0 spiro atoms. The molecule has 2 fully saturated rings. The fourth-order valence-electron chi connectivity index (χ4n) is 3.44. The van der Waals surface area contributed by atoms with Crippen molar-refractivity contribution in [2.75, 3.05) is 6.61 Å². The Morgan fingerprint density at radius 1 is 1.38 bits per heavy atom. The van der Waals surface area contributed by atoms with Crippen molar-refractivity contribution in [3.8, 4) is 5.75 Å². The number of rotatable bonds is 5. The minimum Gasteiger partial charge on any atom is -0.491 e. The standard InChI is InChI=1S/C18H19F3O5/c19-18(20,21)10-2-1-3-12(6-10)25-9-11(22)4-5-13-14-7-17(24)26-16(14)8-15(13)23/h1-6,11,13-16,22-23H,7-9H2/t11?,13-,14-,15?,16?/m1/s1. The molecule has 5 nitrogen and oxygen atoms in total. The fraction of sp³-hybridized carbons (Fsp3) is 0.500. The highest BCUT2D eigenvalue weighted by molar-refractivity contribution is 5.72. The van der Waals surface area contributed by atoms with Crippen LogP contribution in [0.1, 0.15) is 18.4 Å². The van der Waals surface area contributed by atoms with Gasteiger partial charge in [-0.05, 0) is 18.2 Å². The Morgan fingerprint density at radius 2 is 2.15 bits per heavy atom. The first kappa shape index (κ1) is 18.7. The first-order chi connectivity index (χ1) is 12.2. The van der Waals surface area contributed by atoms with Crippen LogP contribution in [-0.2, 0) is 15.7 Å². The summed E-state index contributed by atoms with van der Waals surface area (Å²) in [5, 5.41) is 20.0. The Balaban J connectivity index is 1.55. The number of alkyl halides is 3. The summed E-state index contributed by atoms with van der Waals surface area (Å²) >= 11 is 0. The molecule has 3 rings (SSSR count). The molecule has 2 aliphatic rings. The number of aliphatic hydroxyl groups excluding tert-OH is 2. The third kappa shape index (κ3) is 4.19. The van der Waals surface area contributed by atoms with Gasteiger partial charge in [0.05, 0.1) is 18.1 Å². The van der Waals surface area contributed by atoms with Gasteiger partial charge >= 0.3 is 12.1 Å². The van der Waals surface area contributed by atoms with Gasteiger partial charge in [0.15, 0.2) is 0 Å². The average molecular weight is 372 g/mol. The van der Waals surface area contributed by atoms with Gasteiger partial charge in [-0.2, -0.15) is 13.2 Å². The van der Waals surface area contributed by atoms with Crippen LogP contribution in [0.25, 0.3) is 0 Å². The third-order valence-corrected chi connectivity index (χ3v) is 4.71. The van der Waals surface area contributed by atoms with E-state index in [4.69, 9.17) is 9.47 Å². The highest BCUT2D eigenvalue weighted by Gasteiger charge is 2.48. The maximum Gasteiger partial charge on any atom is 0.416 e. The van der Waals surface area contributed by atoms with E-state index in [1.807, 2.05) is 0 Å². The highest BCUT2D eigenvalue weighted by atomic mass is 19.4. The molecule has 3 unspecified atom stereocenters. The van der Waals surface area contributed by atoms with Crippen molar-refractivity contribution in [2.45, 2.75) is 37.3 Å². The number of carbonyl (C=O) groups is 1. The SMILES string of the molecule is O=C1C[C@H]2C(CC(O)[C@@H]2C=CC(O)COc2cccc(C(F)(F)F)c2)O1. The molecule has 1 aromatic rings. The van der Waals surface area contributed by atoms with Crippen molar-refractivity contribution in [3.63, 3.8) is 0 Å². The van der Waals surface area contributed by atoms with E-state index in [1.54, 1.807) is 6.08 Å². The van der Waals surface area contributed by atoms with E-state index in [0.717, 1.165) is 12.1 Å². The highest BCUT2D eigenvalue weighted by Crippen LogP contribution is 2.42. The lowest BCUT2D eigenvalue weighted by molar-refractivity contribution is -0.142. The fourth-order valence-corrected chi connectivity index (χ4v) is 3.44. The lowest BCUT2D eigenvalue weighted by atomic mass is 9.91. The maximum absolute atomic E-state index is 12.7. The van der Waals surface area contributed by atoms with Crippen molar-refractivity contribution < 1.29 is 37.7 Å². The van der Waals surface area contributed by atoms with Crippen LogP contribution in [-0.4, -0.2) is 41.1 Å². The number of carbonyl (C=O) groups excluding carboxylic acids is 1. The molecule has 1 aliphatic carbocycles. The van der Waals surface area contributed by atoms with Crippen LogP contribution >= 0.6 is 0 Å². The number of esters is 1. The number of hydrogen-bond acceptors (Lipinski definition) is 5. The predicted molar refractivity (Wildman–Crippen MR) is 84.2 cm³/mol. The van der Waals surface area contributed by atoms with E-state index in [-0.39, 0.29) is 42.7 Å². The summed E-state index contributed by atoms with van der Waals surface area (Å²) in [5.74, 6) is -0.721. The number of ether oxygens (including phenoxy) is 2. The molecule has 0 amide bonds. The Hall–Kier alpha value is -2.06. The molecule has 2 N–H and O–H groups in total. The zero-order chi connectivity index (χ0) is 18.9. The summed E-state index contributed by atoms with van der Waals surface area (Å²) in [6.45, 7) is -0.232. The van der Waals surface area contributed by atoms with E-state index in [2.05, 4.69) is 0 Å². The second-order valence-corrected chi connectivity index (χ2v) is 6.57. The van der Waals surface area contributed by atoms with Crippen molar-refractivity contribution in [1.29, 1.82) is 0 Å². The molecule has 1 aliphatic heterocycles. The second kappa shape index (κ2) is 7.28. The van der Waals surface area contributed by atoms with Crippen LogP contribution in [0.4, 0.5) is 13.2 Å². The Morgan fingerprint density at radius 3 is 2.88 bits per heavy atom. The Labute approximate surface area is 148 Å². The van der Waals surface area contributed by atoms with Crippen molar-refractivity contribution >= 4 is 5.97 Å². The van der Waals surface area contributed by atoms with E-state index >= 15 is 0 Å². The summed E-state index contributed by atoms with van der Waals surface area (Å²) in [6.07, 6.45) is -2.85. The van der Waals surface area contributed by atoms with Gasteiger partial charge in [0, 0.05) is 18.3 Å². The smallest absolute Gasteiger partial charge is 0.416 e. The van der Waals surface area contributed by atoms with E-state index < -0.39 is 23.9 Å². The van der Waals surface area contributed by atoms with Gasteiger partial charge in [-0.3, -0.25) is 4.79 Å². The Bertz CT molecular complexity index is 688. The summed E-state index contributed by atoms with van der Waals surface area (Å²) in [4.78, 5) is 11.3. The third-order valence-electron chi connectivity index (χ3n) is 4.71. The van der Waals surface area contributed by atoms with Crippen molar-refractivity contribution in [3.05, 3.63) is 42.0 Å². The van der Waals surface area contributed by atoms with Crippen LogP contribution in [0, 0.1) is 11.8 Å². The number of aliphatic hydroxyl groups is 2. The van der Waals surface area contributed by atoms with Gasteiger partial charge in [-0.15, -0.1) is 0 Å². The molecular weight excluding hydrogens is 353 g/mol. The molecular formula is C18H19F3O5. The molecule has 5 atom stereocenters. The van der Waals surface area contributed by atoms with Gasteiger partial charge in [0.1, 0.15) is 24.6 Å². The monoisotopic (exact) mass is 372 g/mol.